The van der Waals surface area contributed by atoms with Gasteiger partial charge < -0.3 is 11.1 Å². The summed E-state index contributed by atoms with van der Waals surface area (Å²) in [6, 6.07) is 0. The Kier molecular flexibility index (Phi) is 9.01. The van der Waals surface area contributed by atoms with Gasteiger partial charge in [-0.3, -0.25) is 4.79 Å². The molecule has 3 N–H and O–H groups in total. The van der Waals surface area contributed by atoms with E-state index < -0.39 is 10.0 Å². The molecule has 9 heteroatoms. The van der Waals surface area contributed by atoms with Crippen molar-refractivity contribution in [1.29, 1.82) is 0 Å². The van der Waals surface area contributed by atoms with Crippen molar-refractivity contribution < 1.29 is 13.2 Å². The zero-order valence-electron chi connectivity index (χ0n) is 11.0. The van der Waals surface area contributed by atoms with Crippen molar-refractivity contribution in [2.24, 2.45) is 11.7 Å². The first-order valence-corrected chi connectivity index (χ1v) is 8.77. The molecule has 1 fully saturated rings. The number of sulfonamides is 1. The molecule has 0 aromatic rings. The van der Waals surface area contributed by atoms with Crippen LogP contribution in [0.15, 0.2) is 0 Å². The topological polar surface area (TPSA) is 92.5 Å². The molecule has 0 bridgehead atoms. The molecule has 6 nitrogen and oxygen atoms in total. The van der Waals surface area contributed by atoms with Crippen LogP contribution >= 0.6 is 24.2 Å². The Morgan fingerprint density at radius 3 is 2.53 bits per heavy atom. The quantitative estimate of drug-likeness (QED) is 0.684. The Morgan fingerprint density at radius 2 is 2.00 bits per heavy atom. The summed E-state index contributed by atoms with van der Waals surface area (Å²) in [5.41, 5.74) is 5.36. The molecule has 0 aromatic heterocycles. The lowest BCUT2D eigenvalue weighted by molar-refractivity contribution is -0.124. The molecule has 114 valence electrons. The maximum atomic E-state index is 11.9. The molecule has 1 aliphatic rings. The van der Waals surface area contributed by atoms with E-state index >= 15 is 0 Å². The standard InChI is InChI=1S/C10H21N3O3S2.ClH/c1-9(8-11)10(14)12-2-7-18(15,16)13-3-5-17-6-4-13;/h9H,2-8,11H2,1H3,(H,12,14);1H. The second-order valence-corrected chi connectivity index (χ2v) is 7.57. The molecule has 0 saturated carbocycles. The fraction of sp³-hybridized carbons (Fsp3) is 0.900. The highest BCUT2D eigenvalue weighted by Gasteiger charge is 2.24. The molecule has 1 heterocycles. The molecule has 1 unspecified atom stereocenters. The van der Waals surface area contributed by atoms with E-state index in [9.17, 15) is 13.2 Å². The molecule has 1 atom stereocenters. The van der Waals surface area contributed by atoms with Crippen LogP contribution < -0.4 is 11.1 Å². The van der Waals surface area contributed by atoms with Crippen molar-refractivity contribution >= 4 is 40.1 Å². The number of thioether (sulfide) groups is 1. The number of halogens is 1. The Balaban J connectivity index is 0.00000324. The van der Waals surface area contributed by atoms with Gasteiger partial charge in [-0.05, 0) is 0 Å². The molecule has 0 aliphatic carbocycles. The number of hydrogen-bond donors (Lipinski definition) is 2. The summed E-state index contributed by atoms with van der Waals surface area (Å²) in [6.45, 7) is 3.27. The fourth-order valence-electron chi connectivity index (χ4n) is 1.54. The zero-order chi connectivity index (χ0) is 13.6. The molecule has 19 heavy (non-hydrogen) atoms. The Hall–Kier alpha value is -0.0200. The molecule has 0 radical (unpaired) electrons. The lowest BCUT2D eigenvalue weighted by Gasteiger charge is -2.25. The Bertz CT molecular complexity index is 372. The smallest absolute Gasteiger partial charge is 0.224 e. The van der Waals surface area contributed by atoms with Gasteiger partial charge in [0, 0.05) is 43.6 Å². The summed E-state index contributed by atoms with van der Waals surface area (Å²) in [5.74, 6) is 1.17. The van der Waals surface area contributed by atoms with E-state index in [0.717, 1.165) is 11.5 Å². The molecule has 1 saturated heterocycles. The number of carbonyl (C=O) groups is 1. The van der Waals surface area contributed by atoms with E-state index in [0.29, 0.717) is 13.1 Å². The number of hydrogen-bond acceptors (Lipinski definition) is 5. The predicted molar refractivity (Wildman–Crippen MR) is 81.2 cm³/mol. The summed E-state index contributed by atoms with van der Waals surface area (Å²) < 4.78 is 25.4. The third kappa shape index (κ3) is 6.31. The number of nitrogens with two attached hydrogens (primary N) is 1. The van der Waals surface area contributed by atoms with Gasteiger partial charge >= 0.3 is 0 Å². The summed E-state index contributed by atoms with van der Waals surface area (Å²) in [6.07, 6.45) is 0. The van der Waals surface area contributed by atoms with Crippen LogP contribution in [-0.4, -0.2) is 62.1 Å². The van der Waals surface area contributed by atoms with Crippen molar-refractivity contribution in [1.82, 2.24) is 9.62 Å². The first kappa shape index (κ1) is 19.0. The van der Waals surface area contributed by atoms with E-state index in [4.69, 9.17) is 5.73 Å². The van der Waals surface area contributed by atoms with Gasteiger partial charge in [0.05, 0.1) is 5.75 Å². The molecule has 0 aromatic carbocycles. The van der Waals surface area contributed by atoms with Crippen molar-refractivity contribution in [2.75, 3.05) is 43.4 Å². The van der Waals surface area contributed by atoms with Crippen LogP contribution in [0.25, 0.3) is 0 Å². The summed E-state index contributed by atoms with van der Waals surface area (Å²) in [5, 5.41) is 2.60. The van der Waals surface area contributed by atoms with Crippen LogP contribution in [0.3, 0.4) is 0 Å². The van der Waals surface area contributed by atoms with Gasteiger partial charge in [0.25, 0.3) is 0 Å². The third-order valence-electron chi connectivity index (χ3n) is 2.82. The van der Waals surface area contributed by atoms with E-state index in [1.165, 1.54) is 4.31 Å². The maximum absolute atomic E-state index is 11.9. The summed E-state index contributed by atoms with van der Waals surface area (Å²) >= 11 is 1.76. The van der Waals surface area contributed by atoms with Gasteiger partial charge in [-0.15, -0.1) is 12.4 Å². The molecular weight excluding hydrogens is 310 g/mol. The molecule has 1 rings (SSSR count). The van der Waals surface area contributed by atoms with Gasteiger partial charge in [0.1, 0.15) is 0 Å². The van der Waals surface area contributed by atoms with Crippen LogP contribution in [0.5, 0.6) is 0 Å². The predicted octanol–water partition coefficient (Wildman–Crippen LogP) is -0.502. The van der Waals surface area contributed by atoms with E-state index in [1.54, 1.807) is 18.7 Å². The van der Waals surface area contributed by atoms with E-state index in [2.05, 4.69) is 5.32 Å². The van der Waals surface area contributed by atoms with Crippen LogP contribution in [0.1, 0.15) is 6.92 Å². The van der Waals surface area contributed by atoms with Gasteiger partial charge in [-0.2, -0.15) is 11.8 Å². The summed E-state index contributed by atoms with van der Waals surface area (Å²) in [7, 11) is -3.24. The maximum Gasteiger partial charge on any atom is 0.224 e. The number of nitrogens with one attached hydrogen (secondary N) is 1. The summed E-state index contributed by atoms with van der Waals surface area (Å²) in [4.78, 5) is 11.4. The van der Waals surface area contributed by atoms with Gasteiger partial charge in [-0.25, -0.2) is 12.7 Å². The first-order chi connectivity index (χ1) is 8.47. The number of carbonyl (C=O) groups excluding carboxylic acids is 1. The molecule has 0 spiro atoms. The lowest BCUT2D eigenvalue weighted by Crippen LogP contribution is -2.42. The largest absolute Gasteiger partial charge is 0.355 e. The van der Waals surface area contributed by atoms with Crippen LogP contribution in [0, 0.1) is 5.92 Å². The van der Waals surface area contributed by atoms with Gasteiger partial charge in [0.15, 0.2) is 0 Å². The van der Waals surface area contributed by atoms with Crippen molar-refractivity contribution in [3.05, 3.63) is 0 Å². The molecule has 1 amide bonds. The second kappa shape index (κ2) is 9.02. The van der Waals surface area contributed by atoms with Crippen molar-refractivity contribution in [2.45, 2.75) is 6.92 Å². The second-order valence-electron chi connectivity index (χ2n) is 4.26. The molecule has 1 aliphatic heterocycles. The average Bonchev–Trinajstić information content (AvgIpc) is 2.38. The number of rotatable bonds is 6. The van der Waals surface area contributed by atoms with Crippen molar-refractivity contribution in [3.8, 4) is 0 Å². The number of nitrogens with zero attached hydrogens (tertiary/aromatic N) is 1. The third-order valence-corrected chi connectivity index (χ3v) is 5.64. The first-order valence-electron chi connectivity index (χ1n) is 6.00. The van der Waals surface area contributed by atoms with Crippen LogP contribution in [0.2, 0.25) is 0 Å². The average molecular weight is 332 g/mol. The minimum absolute atomic E-state index is 0. The normalized spacial score (nSPS) is 18.4. The number of amides is 1. The van der Waals surface area contributed by atoms with E-state index in [1.807, 2.05) is 0 Å². The van der Waals surface area contributed by atoms with Crippen LogP contribution in [0.4, 0.5) is 0 Å². The fourth-order valence-corrected chi connectivity index (χ4v) is 4.03. The van der Waals surface area contributed by atoms with E-state index in [-0.39, 0.29) is 43.1 Å². The van der Waals surface area contributed by atoms with Crippen LogP contribution in [-0.2, 0) is 14.8 Å². The zero-order valence-corrected chi connectivity index (χ0v) is 13.5. The minimum Gasteiger partial charge on any atom is -0.355 e. The Morgan fingerprint density at radius 1 is 1.42 bits per heavy atom. The highest BCUT2D eigenvalue weighted by atomic mass is 35.5. The lowest BCUT2D eigenvalue weighted by atomic mass is 10.2. The van der Waals surface area contributed by atoms with Crippen molar-refractivity contribution in [3.63, 3.8) is 0 Å². The SMILES string of the molecule is CC(CN)C(=O)NCCS(=O)(=O)N1CCSCC1.Cl. The van der Waals surface area contributed by atoms with Gasteiger partial charge in [0.2, 0.25) is 15.9 Å². The molecular formula is C10H22ClN3O3S2. The monoisotopic (exact) mass is 331 g/mol. The highest BCUT2D eigenvalue weighted by molar-refractivity contribution is 7.99. The Labute approximate surface area is 125 Å². The minimum atomic E-state index is -3.24. The van der Waals surface area contributed by atoms with Gasteiger partial charge in [-0.1, -0.05) is 6.92 Å². The highest BCUT2D eigenvalue weighted by Crippen LogP contribution is 2.12.